The molecule has 0 saturated carbocycles. The average molecular weight is 211 g/mol. The number of hydrogen-bond donors (Lipinski definition) is 1. The van der Waals surface area contributed by atoms with Crippen LogP contribution in [0.4, 0.5) is 0 Å². The summed E-state index contributed by atoms with van der Waals surface area (Å²) in [6, 6.07) is 0. The number of fused-ring (bicyclic) bond motifs is 1. The van der Waals surface area contributed by atoms with Gasteiger partial charge in [-0.3, -0.25) is 9.69 Å². The minimum Gasteiger partial charge on any atom is -0.477 e. The molecule has 2 heterocycles. The van der Waals surface area contributed by atoms with Crippen molar-refractivity contribution in [3.63, 3.8) is 0 Å². The number of aliphatic carboxylic acids is 1. The van der Waals surface area contributed by atoms with Gasteiger partial charge in [0.05, 0.1) is 11.8 Å². The number of nitrogens with zero attached hydrogens (tertiary/aromatic N) is 1. The second kappa shape index (κ2) is 3.16. The molecule has 1 amide bonds. The number of β-lactam (4-membered cyclic amide) rings is 1. The highest BCUT2D eigenvalue weighted by molar-refractivity contribution is 8.00. The predicted molar refractivity (Wildman–Crippen MR) is 52.6 cm³/mol. The van der Waals surface area contributed by atoms with E-state index in [0.717, 1.165) is 0 Å². The van der Waals surface area contributed by atoms with E-state index in [-0.39, 0.29) is 17.0 Å². The van der Waals surface area contributed by atoms with Crippen molar-refractivity contribution in [3.05, 3.63) is 23.9 Å². The lowest BCUT2D eigenvalue weighted by molar-refractivity contribution is -0.146. The largest absolute Gasteiger partial charge is 0.477 e. The van der Waals surface area contributed by atoms with Crippen LogP contribution in [0, 0.1) is 0 Å². The summed E-state index contributed by atoms with van der Waals surface area (Å²) in [6.45, 7) is 3.55. The SMILES string of the molecule is C=CC1=C(C(=O)O)N2C(=O)C[C@H]2SC1. The molecule has 1 N–H and O–H groups in total. The van der Waals surface area contributed by atoms with E-state index in [0.29, 0.717) is 17.7 Å². The molecule has 2 aliphatic rings. The monoisotopic (exact) mass is 211 g/mol. The second-order valence-corrected chi connectivity index (χ2v) is 4.28. The third-order valence-corrected chi connectivity index (χ3v) is 3.57. The first-order chi connectivity index (χ1) is 6.65. The van der Waals surface area contributed by atoms with Gasteiger partial charge in [0.2, 0.25) is 5.91 Å². The molecule has 2 rings (SSSR count). The van der Waals surface area contributed by atoms with Crippen LogP contribution in [0.2, 0.25) is 0 Å². The summed E-state index contributed by atoms with van der Waals surface area (Å²) < 4.78 is 0. The Bertz CT molecular complexity index is 361. The van der Waals surface area contributed by atoms with Gasteiger partial charge >= 0.3 is 5.97 Å². The Kier molecular flexibility index (Phi) is 2.11. The molecule has 0 aromatic rings. The predicted octanol–water partition coefficient (Wildman–Crippen LogP) is 0.816. The van der Waals surface area contributed by atoms with Crippen molar-refractivity contribution < 1.29 is 14.7 Å². The van der Waals surface area contributed by atoms with Gasteiger partial charge in [-0.25, -0.2) is 4.79 Å². The maximum Gasteiger partial charge on any atom is 0.352 e. The molecule has 74 valence electrons. The van der Waals surface area contributed by atoms with Crippen LogP contribution in [0.5, 0.6) is 0 Å². The Morgan fingerprint density at radius 1 is 1.71 bits per heavy atom. The van der Waals surface area contributed by atoms with Crippen LogP contribution in [-0.4, -0.2) is 33.0 Å². The van der Waals surface area contributed by atoms with Crippen molar-refractivity contribution >= 4 is 23.6 Å². The molecule has 1 saturated heterocycles. The van der Waals surface area contributed by atoms with Crippen LogP contribution < -0.4 is 0 Å². The molecule has 0 spiro atoms. The van der Waals surface area contributed by atoms with E-state index in [1.807, 2.05) is 0 Å². The molecule has 2 aliphatic heterocycles. The summed E-state index contributed by atoms with van der Waals surface area (Å²) in [6.07, 6.45) is 1.96. The van der Waals surface area contributed by atoms with E-state index < -0.39 is 5.97 Å². The molecule has 1 fully saturated rings. The van der Waals surface area contributed by atoms with Gasteiger partial charge in [-0.15, -0.1) is 11.8 Å². The van der Waals surface area contributed by atoms with Crippen molar-refractivity contribution in [2.24, 2.45) is 0 Å². The topological polar surface area (TPSA) is 57.6 Å². The minimum atomic E-state index is -1.04. The highest BCUT2D eigenvalue weighted by Crippen LogP contribution is 2.39. The Balaban J connectivity index is 2.42. The first kappa shape index (κ1) is 9.33. The summed E-state index contributed by atoms with van der Waals surface area (Å²) >= 11 is 1.58. The number of hydrogen-bond acceptors (Lipinski definition) is 3. The third-order valence-electron chi connectivity index (χ3n) is 2.33. The number of amides is 1. The summed E-state index contributed by atoms with van der Waals surface area (Å²) in [5, 5.41) is 9.00. The lowest BCUT2D eigenvalue weighted by Gasteiger charge is -2.43. The molecule has 0 unspecified atom stereocenters. The molecule has 0 aliphatic carbocycles. The number of rotatable bonds is 2. The smallest absolute Gasteiger partial charge is 0.352 e. The number of thioether (sulfide) groups is 1. The van der Waals surface area contributed by atoms with Gasteiger partial charge in [0.1, 0.15) is 5.70 Å². The number of carboxylic acid groups (broad SMARTS) is 1. The fourth-order valence-corrected chi connectivity index (χ4v) is 2.85. The van der Waals surface area contributed by atoms with Gasteiger partial charge in [0.25, 0.3) is 0 Å². The van der Waals surface area contributed by atoms with E-state index in [2.05, 4.69) is 6.58 Å². The Morgan fingerprint density at radius 2 is 2.43 bits per heavy atom. The van der Waals surface area contributed by atoms with Gasteiger partial charge in [-0.1, -0.05) is 12.7 Å². The Hall–Kier alpha value is -1.23. The van der Waals surface area contributed by atoms with Gasteiger partial charge in [-0.05, 0) is 5.57 Å². The lowest BCUT2D eigenvalue weighted by atomic mass is 10.1. The van der Waals surface area contributed by atoms with Crippen LogP contribution in [0.3, 0.4) is 0 Å². The van der Waals surface area contributed by atoms with E-state index in [1.54, 1.807) is 11.8 Å². The molecule has 0 aromatic heterocycles. The number of carbonyl (C=O) groups excluding carboxylic acids is 1. The molecule has 0 radical (unpaired) electrons. The van der Waals surface area contributed by atoms with Crippen LogP contribution in [0.1, 0.15) is 6.42 Å². The molecule has 0 bridgehead atoms. The maximum absolute atomic E-state index is 11.2. The number of allylic oxidation sites excluding steroid dienone is 1. The van der Waals surface area contributed by atoms with Gasteiger partial charge < -0.3 is 5.11 Å². The van der Waals surface area contributed by atoms with E-state index in [1.165, 1.54) is 11.0 Å². The third kappa shape index (κ3) is 1.16. The standard InChI is InChI=1S/C9H9NO3S/c1-2-5-4-14-7-3-6(11)10(7)8(5)9(12)13/h2,7H,1,3-4H2,(H,12,13)/t7-/m1/s1. The summed E-state index contributed by atoms with van der Waals surface area (Å²) in [4.78, 5) is 23.5. The zero-order valence-corrected chi connectivity index (χ0v) is 8.21. The van der Waals surface area contributed by atoms with Gasteiger partial charge in [-0.2, -0.15) is 0 Å². The van der Waals surface area contributed by atoms with Crippen molar-refractivity contribution in [3.8, 4) is 0 Å². The van der Waals surface area contributed by atoms with Crippen LogP contribution >= 0.6 is 11.8 Å². The van der Waals surface area contributed by atoms with Crippen LogP contribution in [0.25, 0.3) is 0 Å². The maximum atomic E-state index is 11.2. The highest BCUT2D eigenvalue weighted by Gasteiger charge is 2.44. The zero-order valence-electron chi connectivity index (χ0n) is 7.40. The fourth-order valence-electron chi connectivity index (χ4n) is 1.59. The average Bonchev–Trinajstić information content (AvgIpc) is 2.15. The highest BCUT2D eigenvalue weighted by atomic mass is 32.2. The van der Waals surface area contributed by atoms with Crippen LogP contribution in [-0.2, 0) is 9.59 Å². The molecular weight excluding hydrogens is 202 g/mol. The van der Waals surface area contributed by atoms with Crippen LogP contribution in [0.15, 0.2) is 23.9 Å². The van der Waals surface area contributed by atoms with Gasteiger partial charge in [0.15, 0.2) is 0 Å². The van der Waals surface area contributed by atoms with Crippen molar-refractivity contribution in [1.82, 2.24) is 4.90 Å². The van der Waals surface area contributed by atoms with Crippen molar-refractivity contribution in [2.45, 2.75) is 11.8 Å². The molecule has 14 heavy (non-hydrogen) atoms. The fraction of sp³-hybridized carbons (Fsp3) is 0.333. The zero-order chi connectivity index (χ0) is 10.3. The Labute approximate surface area is 85.3 Å². The molecule has 5 heteroatoms. The van der Waals surface area contributed by atoms with E-state index in [4.69, 9.17) is 5.11 Å². The molecular formula is C9H9NO3S. The van der Waals surface area contributed by atoms with Crippen molar-refractivity contribution in [2.75, 3.05) is 5.75 Å². The molecule has 4 nitrogen and oxygen atoms in total. The van der Waals surface area contributed by atoms with E-state index in [9.17, 15) is 9.59 Å². The molecule has 1 atom stereocenters. The summed E-state index contributed by atoms with van der Waals surface area (Å²) in [5.74, 6) is -0.531. The number of carbonyl (C=O) groups is 2. The van der Waals surface area contributed by atoms with E-state index >= 15 is 0 Å². The number of carboxylic acids is 1. The first-order valence-electron chi connectivity index (χ1n) is 4.17. The quantitative estimate of drug-likeness (QED) is 0.687. The second-order valence-electron chi connectivity index (χ2n) is 3.12. The summed E-state index contributed by atoms with van der Waals surface area (Å²) in [5.41, 5.74) is 0.742. The first-order valence-corrected chi connectivity index (χ1v) is 5.22. The molecule has 0 aromatic carbocycles. The lowest BCUT2D eigenvalue weighted by Crippen LogP contribution is -2.53. The minimum absolute atomic E-state index is 0.0253. The Morgan fingerprint density at radius 3 is 2.93 bits per heavy atom. The van der Waals surface area contributed by atoms with Gasteiger partial charge in [0, 0.05) is 5.75 Å². The van der Waals surface area contributed by atoms with Crippen molar-refractivity contribution in [1.29, 1.82) is 0 Å². The normalized spacial score (nSPS) is 25.6. The summed E-state index contributed by atoms with van der Waals surface area (Å²) in [7, 11) is 0.